The van der Waals surface area contributed by atoms with Crippen LogP contribution in [0.1, 0.15) is 29.2 Å². The highest BCUT2D eigenvalue weighted by molar-refractivity contribution is 6.07. The number of aryl methyl sites for hydroxylation is 1. The summed E-state index contributed by atoms with van der Waals surface area (Å²) in [7, 11) is 0. The van der Waals surface area contributed by atoms with Crippen LogP contribution in [-0.4, -0.2) is 23.8 Å². The molecule has 0 saturated carbocycles. The molecule has 2 rings (SSSR count). The van der Waals surface area contributed by atoms with Crippen molar-refractivity contribution in [2.45, 2.75) is 19.8 Å². The summed E-state index contributed by atoms with van der Waals surface area (Å²) < 4.78 is 5.19. The third kappa shape index (κ3) is 2.41. The number of rotatable bonds is 1. The van der Waals surface area contributed by atoms with Crippen molar-refractivity contribution < 1.29 is 9.21 Å². The zero-order valence-corrected chi connectivity index (χ0v) is 8.75. The Balaban J connectivity index is 2.02. The Morgan fingerprint density at radius 3 is 2.73 bits per heavy atom. The van der Waals surface area contributed by atoms with Crippen molar-refractivity contribution in [2.75, 3.05) is 13.1 Å². The molecular formula is C12H13NO2. The average Bonchev–Trinajstić information content (AvgIpc) is 2.84. The zero-order chi connectivity index (χ0) is 10.7. The maximum atomic E-state index is 11.5. The average molecular weight is 203 g/mol. The lowest BCUT2D eigenvalue weighted by Gasteiger charge is -2.04. The summed E-state index contributed by atoms with van der Waals surface area (Å²) in [5, 5.41) is 0. The Kier molecular flexibility index (Phi) is 2.77. The van der Waals surface area contributed by atoms with Gasteiger partial charge in [0.25, 0.3) is 5.78 Å². The maximum Gasteiger partial charge on any atom is 0.272 e. The number of carbonyl (C=O) groups excluding carboxylic acids is 1. The smallest absolute Gasteiger partial charge is 0.272 e. The highest BCUT2D eigenvalue weighted by Crippen LogP contribution is 2.07. The molecule has 1 aliphatic rings. The fourth-order valence-corrected chi connectivity index (χ4v) is 1.58. The first-order valence-corrected chi connectivity index (χ1v) is 5.13. The number of hydrogen-bond donors (Lipinski definition) is 0. The number of likely N-dealkylation sites (tertiary alicyclic amines) is 1. The molecule has 0 amide bonds. The van der Waals surface area contributed by atoms with Gasteiger partial charge in [0.2, 0.25) is 0 Å². The summed E-state index contributed by atoms with van der Waals surface area (Å²) in [6, 6.07) is 6.29. The second kappa shape index (κ2) is 4.22. The largest absolute Gasteiger partial charge is 0.457 e. The minimum atomic E-state index is -0.241. The fraction of sp³-hybridized carbons (Fsp3) is 0.417. The molecule has 3 heteroatoms. The van der Waals surface area contributed by atoms with E-state index < -0.39 is 0 Å². The normalized spacial score (nSPS) is 14.9. The van der Waals surface area contributed by atoms with Crippen molar-refractivity contribution in [3.8, 4) is 12.0 Å². The first-order valence-electron chi connectivity index (χ1n) is 5.13. The van der Waals surface area contributed by atoms with Crippen LogP contribution in [0, 0.1) is 18.9 Å². The van der Waals surface area contributed by atoms with E-state index in [2.05, 4.69) is 12.0 Å². The molecule has 0 bridgehead atoms. The summed E-state index contributed by atoms with van der Waals surface area (Å²) in [5.41, 5.74) is 0. The van der Waals surface area contributed by atoms with Gasteiger partial charge in [-0.15, -0.1) is 0 Å². The fourth-order valence-electron chi connectivity index (χ4n) is 1.58. The van der Waals surface area contributed by atoms with Crippen molar-refractivity contribution >= 4 is 5.78 Å². The number of Topliss-reactive ketones (excluding diaryl/α,β-unsaturated/α-hetero) is 1. The van der Waals surface area contributed by atoms with Gasteiger partial charge in [-0.3, -0.25) is 4.79 Å². The third-order valence-corrected chi connectivity index (χ3v) is 2.40. The molecule has 0 aromatic carbocycles. The first kappa shape index (κ1) is 9.85. The Morgan fingerprint density at radius 1 is 1.40 bits per heavy atom. The molecule has 1 saturated heterocycles. The summed E-state index contributed by atoms with van der Waals surface area (Å²) in [6.07, 6.45) is 2.34. The third-order valence-electron chi connectivity index (χ3n) is 2.40. The second-order valence-electron chi connectivity index (χ2n) is 3.67. The molecule has 0 atom stereocenters. The lowest BCUT2D eigenvalue weighted by Crippen LogP contribution is -2.11. The number of hydrogen-bond acceptors (Lipinski definition) is 3. The Morgan fingerprint density at radius 2 is 2.13 bits per heavy atom. The van der Waals surface area contributed by atoms with Crippen LogP contribution in [0.5, 0.6) is 0 Å². The number of ketones is 1. The minimum absolute atomic E-state index is 0.241. The molecule has 1 aromatic heterocycles. The van der Waals surface area contributed by atoms with Gasteiger partial charge in [0, 0.05) is 25.1 Å². The van der Waals surface area contributed by atoms with E-state index in [9.17, 15) is 4.79 Å². The van der Waals surface area contributed by atoms with Crippen molar-refractivity contribution in [3.63, 3.8) is 0 Å². The van der Waals surface area contributed by atoms with Crippen LogP contribution >= 0.6 is 0 Å². The van der Waals surface area contributed by atoms with Crippen LogP contribution < -0.4 is 0 Å². The summed E-state index contributed by atoms with van der Waals surface area (Å²) in [5.74, 6) is 3.43. The standard InChI is InChI=1S/C12H13NO2/c1-10-4-5-12(15-10)11(14)6-9-13-7-2-3-8-13/h4-5H,2-3,7-8H2,1H3. The van der Waals surface area contributed by atoms with Crippen LogP contribution in [-0.2, 0) is 0 Å². The van der Waals surface area contributed by atoms with Crippen LogP contribution in [0.15, 0.2) is 16.5 Å². The molecule has 1 fully saturated rings. The number of furan rings is 1. The lowest BCUT2D eigenvalue weighted by atomic mass is 10.3. The molecule has 0 unspecified atom stereocenters. The van der Waals surface area contributed by atoms with E-state index in [1.165, 1.54) is 12.8 Å². The molecular weight excluding hydrogens is 190 g/mol. The molecule has 3 nitrogen and oxygen atoms in total. The van der Waals surface area contributed by atoms with E-state index in [-0.39, 0.29) is 5.78 Å². The summed E-state index contributed by atoms with van der Waals surface area (Å²) >= 11 is 0. The summed E-state index contributed by atoms with van der Waals surface area (Å²) in [4.78, 5) is 13.5. The van der Waals surface area contributed by atoms with Crippen molar-refractivity contribution in [1.82, 2.24) is 4.90 Å². The Labute approximate surface area is 89.1 Å². The lowest BCUT2D eigenvalue weighted by molar-refractivity contribution is 0.103. The SMILES string of the molecule is Cc1ccc(C(=O)C#CN2CCCC2)o1. The predicted octanol–water partition coefficient (Wildman–Crippen LogP) is 1.83. The number of carbonyl (C=O) groups is 1. The van der Waals surface area contributed by atoms with Crippen molar-refractivity contribution in [2.24, 2.45) is 0 Å². The monoisotopic (exact) mass is 203 g/mol. The van der Waals surface area contributed by atoms with Gasteiger partial charge >= 0.3 is 0 Å². The van der Waals surface area contributed by atoms with E-state index in [0.29, 0.717) is 5.76 Å². The molecule has 78 valence electrons. The van der Waals surface area contributed by atoms with E-state index >= 15 is 0 Å². The van der Waals surface area contributed by atoms with Gasteiger partial charge in [-0.25, -0.2) is 0 Å². The van der Waals surface area contributed by atoms with Crippen LogP contribution in [0.4, 0.5) is 0 Å². The van der Waals surface area contributed by atoms with Crippen LogP contribution in [0.25, 0.3) is 0 Å². The van der Waals surface area contributed by atoms with Crippen molar-refractivity contribution in [3.05, 3.63) is 23.7 Å². The topological polar surface area (TPSA) is 33.5 Å². The highest BCUT2D eigenvalue weighted by atomic mass is 16.3. The van der Waals surface area contributed by atoms with E-state index in [0.717, 1.165) is 18.8 Å². The molecule has 15 heavy (non-hydrogen) atoms. The van der Waals surface area contributed by atoms with Gasteiger partial charge < -0.3 is 9.32 Å². The Bertz CT molecular complexity index is 416. The molecule has 0 aliphatic carbocycles. The van der Waals surface area contributed by atoms with Crippen molar-refractivity contribution in [1.29, 1.82) is 0 Å². The molecule has 2 heterocycles. The van der Waals surface area contributed by atoms with Gasteiger partial charge in [0.1, 0.15) is 5.76 Å². The van der Waals surface area contributed by atoms with Crippen LogP contribution in [0.3, 0.4) is 0 Å². The van der Waals surface area contributed by atoms with E-state index in [1.54, 1.807) is 12.1 Å². The maximum absolute atomic E-state index is 11.5. The molecule has 1 aromatic rings. The second-order valence-corrected chi connectivity index (χ2v) is 3.67. The van der Waals surface area contributed by atoms with Gasteiger partial charge in [0.05, 0.1) is 0 Å². The zero-order valence-electron chi connectivity index (χ0n) is 8.75. The molecule has 0 radical (unpaired) electrons. The molecule has 1 aliphatic heterocycles. The Hall–Kier alpha value is -1.69. The number of nitrogens with zero attached hydrogens (tertiary/aromatic N) is 1. The van der Waals surface area contributed by atoms with Gasteiger partial charge in [-0.05, 0) is 31.9 Å². The van der Waals surface area contributed by atoms with Crippen LogP contribution in [0.2, 0.25) is 0 Å². The highest BCUT2D eigenvalue weighted by Gasteiger charge is 2.09. The summed E-state index contributed by atoms with van der Waals surface area (Å²) in [6.45, 7) is 3.75. The first-order chi connectivity index (χ1) is 7.25. The van der Waals surface area contributed by atoms with Gasteiger partial charge in [0.15, 0.2) is 5.76 Å². The molecule has 0 spiro atoms. The van der Waals surface area contributed by atoms with Gasteiger partial charge in [-0.1, -0.05) is 0 Å². The van der Waals surface area contributed by atoms with Gasteiger partial charge in [-0.2, -0.15) is 0 Å². The predicted molar refractivity (Wildman–Crippen MR) is 56.4 cm³/mol. The van der Waals surface area contributed by atoms with E-state index in [1.807, 2.05) is 11.8 Å². The molecule has 0 N–H and O–H groups in total. The quantitative estimate of drug-likeness (QED) is 0.515. The minimum Gasteiger partial charge on any atom is -0.457 e. The van der Waals surface area contributed by atoms with E-state index in [4.69, 9.17) is 4.42 Å².